The summed E-state index contributed by atoms with van der Waals surface area (Å²) in [5, 5.41) is 0. The van der Waals surface area contributed by atoms with Crippen LogP contribution >= 0.6 is 7.82 Å². The summed E-state index contributed by atoms with van der Waals surface area (Å²) >= 11 is 0. The maximum Gasteiger partial charge on any atom is 0.310 e. The van der Waals surface area contributed by atoms with Crippen molar-refractivity contribution in [3.63, 3.8) is 0 Å². The van der Waals surface area contributed by atoms with Gasteiger partial charge in [0, 0.05) is 6.61 Å². The Hall–Kier alpha value is -1.80. The van der Waals surface area contributed by atoms with Gasteiger partial charge in [-0.2, -0.15) is 0 Å². The van der Waals surface area contributed by atoms with Crippen molar-refractivity contribution >= 4 is 13.8 Å². The van der Waals surface area contributed by atoms with Crippen molar-refractivity contribution in [3.8, 4) is 0 Å². The molecule has 2 unspecified atom stereocenters. The lowest BCUT2D eigenvalue weighted by molar-refractivity contribution is -0.870. The van der Waals surface area contributed by atoms with Gasteiger partial charge in [0.2, 0.25) is 0 Å². The van der Waals surface area contributed by atoms with E-state index in [1.165, 1.54) is 89.9 Å². The third kappa shape index (κ3) is 41.2. The molecule has 53 heavy (non-hydrogen) atoms. The van der Waals surface area contributed by atoms with Gasteiger partial charge in [-0.15, -0.1) is 0 Å². The maximum absolute atomic E-state index is 12.6. The van der Waals surface area contributed by atoms with E-state index in [-0.39, 0.29) is 26.2 Å². The Morgan fingerprint density at radius 1 is 0.585 bits per heavy atom. The predicted octanol–water partition coefficient (Wildman–Crippen LogP) is 11.5. The second-order valence-corrected chi connectivity index (χ2v) is 16.4. The molecule has 0 saturated carbocycles. The van der Waals surface area contributed by atoms with Crippen molar-refractivity contribution in [2.45, 2.75) is 161 Å². The Morgan fingerprint density at radius 3 is 1.47 bits per heavy atom. The van der Waals surface area contributed by atoms with Gasteiger partial charge >= 0.3 is 5.97 Å². The normalized spacial score (nSPS) is 14.5. The van der Waals surface area contributed by atoms with Gasteiger partial charge in [0.05, 0.1) is 40.8 Å². The number of unbranched alkanes of at least 4 members (excludes halogenated alkanes) is 15. The Balaban J connectivity index is 4.38. The average Bonchev–Trinajstić information content (AvgIpc) is 3.11. The topological polar surface area (TPSA) is 94.1 Å². The van der Waals surface area contributed by atoms with Crippen LogP contribution < -0.4 is 4.89 Å². The van der Waals surface area contributed by atoms with Crippen LogP contribution in [0.25, 0.3) is 0 Å². The highest BCUT2D eigenvalue weighted by Gasteiger charge is 2.20. The lowest BCUT2D eigenvalue weighted by atomic mass is 10.0. The zero-order chi connectivity index (χ0) is 39.1. The standard InChI is InChI=1S/C44H80NO7P/c1-6-8-10-12-14-16-18-20-22-24-26-28-30-32-34-36-39-49-41-43(42-51-53(47,48)50-40-38-45(3,4)5)52-44(46)37-35-33-31-29-27-25-23-21-19-17-15-13-11-9-7-2/h9,11,15,17,21,23,27,29,33,35,43H,6-8,10,12-14,16,18-20,22,24-26,28,30-32,34,36-42H2,1-5H3/b11-9-,17-15-,23-21-,29-27-,35-33-. The van der Waals surface area contributed by atoms with Gasteiger partial charge < -0.3 is 27.9 Å². The molecule has 8 nitrogen and oxygen atoms in total. The van der Waals surface area contributed by atoms with Crippen molar-refractivity contribution in [1.82, 2.24) is 0 Å². The summed E-state index contributed by atoms with van der Waals surface area (Å²) in [6.45, 7) is 5.16. The Bertz CT molecular complexity index is 1030. The molecule has 0 radical (unpaired) electrons. The van der Waals surface area contributed by atoms with E-state index in [2.05, 4.69) is 62.5 Å². The fourth-order valence-electron chi connectivity index (χ4n) is 5.39. The summed E-state index contributed by atoms with van der Waals surface area (Å²) in [6, 6.07) is 0. The van der Waals surface area contributed by atoms with Crippen molar-refractivity contribution in [1.29, 1.82) is 0 Å². The number of ether oxygens (including phenoxy) is 2. The molecular weight excluding hydrogens is 685 g/mol. The number of nitrogens with zero attached hydrogens (tertiary/aromatic N) is 1. The molecule has 0 aromatic rings. The Kier molecular flexibility index (Phi) is 35.9. The lowest BCUT2D eigenvalue weighted by Gasteiger charge is -2.28. The number of allylic oxidation sites excluding steroid dienone is 9. The molecule has 0 bridgehead atoms. The van der Waals surface area contributed by atoms with Crippen LogP contribution in [0.4, 0.5) is 0 Å². The number of quaternary nitrogens is 1. The number of phosphoric ester groups is 1. The molecule has 0 saturated heterocycles. The zero-order valence-electron chi connectivity index (χ0n) is 34.7. The average molecular weight is 766 g/mol. The minimum Gasteiger partial charge on any atom is -0.756 e. The molecule has 0 fully saturated rings. The molecule has 0 aromatic heterocycles. The van der Waals surface area contributed by atoms with Gasteiger partial charge in [-0.3, -0.25) is 9.36 Å². The van der Waals surface area contributed by atoms with E-state index in [1.54, 1.807) is 6.08 Å². The quantitative estimate of drug-likeness (QED) is 0.0203. The van der Waals surface area contributed by atoms with Crippen molar-refractivity contribution in [3.05, 3.63) is 60.8 Å². The van der Waals surface area contributed by atoms with Crippen LogP contribution in [-0.4, -0.2) is 70.7 Å². The van der Waals surface area contributed by atoms with E-state index in [4.69, 9.17) is 18.5 Å². The van der Waals surface area contributed by atoms with Crippen LogP contribution in [0.5, 0.6) is 0 Å². The molecule has 0 heterocycles. The summed E-state index contributed by atoms with van der Waals surface area (Å²) in [6.07, 6.45) is 45.5. The molecule has 308 valence electrons. The summed E-state index contributed by atoms with van der Waals surface area (Å²) in [4.78, 5) is 24.9. The lowest BCUT2D eigenvalue weighted by Crippen LogP contribution is -2.37. The monoisotopic (exact) mass is 766 g/mol. The fourth-order valence-corrected chi connectivity index (χ4v) is 6.11. The number of carbonyl (C=O) groups excluding carboxylic acids is 1. The minimum atomic E-state index is -4.55. The van der Waals surface area contributed by atoms with Crippen molar-refractivity contribution in [2.24, 2.45) is 0 Å². The van der Waals surface area contributed by atoms with Crippen molar-refractivity contribution < 1.29 is 37.3 Å². The van der Waals surface area contributed by atoms with E-state index in [0.717, 1.165) is 38.5 Å². The second-order valence-electron chi connectivity index (χ2n) is 15.0. The molecule has 0 amide bonds. The molecule has 9 heteroatoms. The number of hydrogen-bond acceptors (Lipinski definition) is 7. The van der Waals surface area contributed by atoms with Gasteiger partial charge in [0.1, 0.15) is 19.3 Å². The first kappa shape index (κ1) is 51.2. The molecular formula is C44H80NO7P. The highest BCUT2D eigenvalue weighted by atomic mass is 31.2. The molecule has 0 rings (SSSR count). The van der Waals surface area contributed by atoms with E-state index < -0.39 is 19.9 Å². The first-order valence-electron chi connectivity index (χ1n) is 21.0. The highest BCUT2D eigenvalue weighted by molar-refractivity contribution is 7.45. The first-order valence-corrected chi connectivity index (χ1v) is 22.5. The van der Waals surface area contributed by atoms with E-state index >= 15 is 0 Å². The third-order valence-corrected chi connectivity index (χ3v) is 9.58. The number of hydrogen-bond donors (Lipinski definition) is 0. The van der Waals surface area contributed by atoms with E-state index in [0.29, 0.717) is 24.1 Å². The largest absolute Gasteiger partial charge is 0.756 e. The number of esters is 1. The third-order valence-electron chi connectivity index (χ3n) is 8.62. The minimum absolute atomic E-state index is 0.00849. The van der Waals surface area contributed by atoms with Gasteiger partial charge in [-0.25, -0.2) is 0 Å². The summed E-state index contributed by atoms with van der Waals surface area (Å²) in [5.41, 5.74) is 0. The van der Waals surface area contributed by atoms with Crippen molar-refractivity contribution in [2.75, 3.05) is 54.1 Å². The number of likely N-dealkylation sites (N-methyl/N-ethyl adjacent to an activating group) is 1. The predicted molar refractivity (Wildman–Crippen MR) is 222 cm³/mol. The smallest absolute Gasteiger partial charge is 0.310 e. The van der Waals surface area contributed by atoms with Crippen LogP contribution in [0.15, 0.2) is 60.8 Å². The van der Waals surface area contributed by atoms with Crippen LogP contribution in [0, 0.1) is 0 Å². The van der Waals surface area contributed by atoms with Gasteiger partial charge in [-0.05, 0) is 38.5 Å². The molecule has 0 aliphatic heterocycles. The van der Waals surface area contributed by atoms with Gasteiger partial charge in [0.15, 0.2) is 0 Å². The fraction of sp³-hybridized carbons (Fsp3) is 0.750. The molecule has 0 aromatic carbocycles. The number of phosphoric acid groups is 1. The molecule has 0 aliphatic carbocycles. The van der Waals surface area contributed by atoms with E-state index in [9.17, 15) is 14.3 Å². The summed E-state index contributed by atoms with van der Waals surface area (Å²) < 4.78 is 34.4. The molecule has 0 aliphatic rings. The number of carbonyl (C=O) groups is 1. The maximum atomic E-state index is 12.6. The van der Waals surface area contributed by atoms with Crippen LogP contribution in [0.2, 0.25) is 0 Å². The molecule has 0 N–H and O–H groups in total. The Morgan fingerprint density at radius 2 is 1.02 bits per heavy atom. The highest BCUT2D eigenvalue weighted by Crippen LogP contribution is 2.38. The number of rotatable bonds is 38. The Labute approximate surface area is 326 Å². The van der Waals surface area contributed by atoms with E-state index in [1.807, 2.05) is 27.2 Å². The van der Waals surface area contributed by atoms with Crippen LogP contribution in [0.3, 0.4) is 0 Å². The van der Waals surface area contributed by atoms with Crippen LogP contribution in [-0.2, 0) is 27.9 Å². The molecule has 0 spiro atoms. The summed E-state index contributed by atoms with van der Waals surface area (Å²) in [7, 11) is 1.30. The zero-order valence-corrected chi connectivity index (χ0v) is 35.6. The van der Waals surface area contributed by atoms with Gasteiger partial charge in [0.25, 0.3) is 7.82 Å². The first-order chi connectivity index (χ1) is 25.6. The molecule has 2 atom stereocenters. The SMILES string of the molecule is CC/C=C\C/C=C\C/C=C\C/C=C\C/C=C\CC(=O)OC(COCCCCCCCCCCCCCCCCCC)COP(=O)([O-])OCC[N+](C)(C)C. The second kappa shape index (κ2) is 37.1. The summed E-state index contributed by atoms with van der Waals surface area (Å²) in [5.74, 6) is -0.460. The van der Waals surface area contributed by atoms with Crippen LogP contribution in [0.1, 0.15) is 155 Å². The van der Waals surface area contributed by atoms with Gasteiger partial charge in [-0.1, -0.05) is 171 Å².